The molecule has 2 heterocycles. The minimum atomic E-state index is -1.54. The minimum Gasteiger partial charge on any atom is -0.477 e. The second-order valence-corrected chi connectivity index (χ2v) is 11.9. The van der Waals surface area contributed by atoms with Crippen LogP contribution in [0.15, 0.2) is 48.5 Å². The van der Waals surface area contributed by atoms with Crippen LogP contribution in [0.1, 0.15) is 54.7 Å². The van der Waals surface area contributed by atoms with E-state index in [0.29, 0.717) is 12.2 Å². The van der Waals surface area contributed by atoms with Gasteiger partial charge in [0.05, 0.1) is 17.7 Å². The normalized spacial score (nSPS) is 22.7. The highest BCUT2D eigenvalue weighted by Crippen LogP contribution is 2.52. The monoisotopic (exact) mass is 590 g/mol. The molecule has 4 rings (SSSR count). The first kappa shape index (κ1) is 29.8. The van der Waals surface area contributed by atoms with Crippen LogP contribution in [0, 0.1) is 28.4 Å². The largest absolute Gasteiger partial charge is 0.477 e. The summed E-state index contributed by atoms with van der Waals surface area (Å²) in [6.07, 6.45) is 0.469. The van der Waals surface area contributed by atoms with Gasteiger partial charge in [-0.25, -0.2) is 13.6 Å². The smallest absolute Gasteiger partial charge is 0.352 e. The summed E-state index contributed by atoms with van der Waals surface area (Å²) in [5.41, 5.74) is -1.51. The van der Waals surface area contributed by atoms with Crippen LogP contribution in [0.3, 0.4) is 0 Å². The standard InChI is InChI=1S/C29H30Cl2F2N4O3/c1-28(2,3)12-23-29(14-34,18-8-7-16(30)11-20(18)32)25(17-5-4-6-19(31)26(17)33)22(36-23)13-40-15-35-24-10-9-21(37-24)27(38)39/h4-11,22-23,25,35-37H,12-13,15H2,1-3H3,(H,38,39)/t22-,23-,25-,29-/m0/s1. The van der Waals surface area contributed by atoms with E-state index in [4.69, 9.17) is 33.0 Å². The van der Waals surface area contributed by atoms with Crippen molar-refractivity contribution in [2.75, 3.05) is 18.7 Å². The topological polar surface area (TPSA) is 110 Å². The third kappa shape index (κ3) is 5.96. The minimum absolute atomic E-state index is 0.0126. The van der Waals surface area contributed by atoms with Crippen LogP contribution >= 0.6 is 23.2 Å². The molecule has 3 aromatic rings. The molecule has 1 aliphatic rings. The van der Waals surface area contributed by atoms with Gasteiger partial charge >= 0.3 is 5.97 Å². The summed E-state index contributed by atoms with van der Waals surface area (Å²) in [5.74, 6) is -2.89. The lowest BCUT2D eigenvalue weighted by molar-refractivity contribution is 0.0691. The van der Waals surface area contributed by atoms with E-state index in [1.807, 2.05) is 20.8 Å². The number of hydrogen-bond acceptors (Lipinski definition) is 5. The Balaban J connectivity index is 1.75. The molecule has 0 radical (unpaired) electrons. The Bertz CT molecular complexity index is 1440. The molecular weight excluding hydrogens is 561 g/mol. The molecular formula is C29H30Cl2F2N4O3. The number of nitriles is 1. The maximum Gasteiger partial charge on any atom is 0.352 e. The molecule has 11 heteroatoms. The first-order valence-corrected chi connectivity index (χ1v) is 13.4. The number of benzene rings is 2. The van der Waals surface area contributed by atoms with Gasteiger partial charge in [-0.1, -0.05) is 62.2 Å². The molecule has 7 nitrogen and oxygen atoms in total. The predicted molar refractivity (Wildman–Crippen MR) is 150 cm³/mol. The van der Waals surface area contributed by atoms with Crippen LogP contribution in [0.25, 0.3) is 0 Å². The maximum absolute atomic E-state index is 15.6. The van der Waals surface area contributed by atoms with Gasteiger partial charge in [0.1, 0.15) is 35.3 Å². The molecule has 0 bridgehead atoms. The molecule has 0 unspecified atom stereocenters. The summed E-state index contributed by atoms with van der Waals surface area (Å²) >= 11 is 12.2. The van der Waals surface area contributed by atoms with Gasteiger partial charge in [0, 0.05) is 28.6 Å². The van der Waals surface area contributed by atoms with Gasteiger partial charge in [-0.05, 0) is 47.7 Å². The maximum atomic E-state index is 15.6. The Labute approximate surface area is 241 Å². The number of anilines is 1. The molecule has 1 aliphatic heterocycles. The van der Waals surface area contributed by atoms with Crippen LogP contribution in [0.5, 0.6) is 0 Å². The van der Waals surface area contributed by atoms with Crippen molar-refractivity contribution >= 4 is 35.0 Å². The van der Waals surface area contributed by atoms with E-state index in [0.717, 1.165) is 6.07 Å². The van der Waals surface area contributed by atoms with E-state index < -0.39 is 41.0 Å². The van der Waals surface area contributed by atoms with E-state index in [1.165, 1.54) is 24.3 Å². The van der Waals surface area contributed by atoms with Gasteiger partial charge in [0.2, 0.25) is 0 Å². The molecule has 1 fully saturated rings. The van der Waals surface area contributed by atoms with Crippen molar-refractivity contribution in [2.24, 2.45) is 5.41 Å². The zero-order chi connectivity index (χ0) is 29.2. The van der Waals surface area contributed by atoms with E-state index >= 15 is 8.78 Å². The molecule has 0 aliphatic carbocycles. The number of carboxylic acids is 1. The number of rotatable bonds is 9. The number of carboxylic acid groups (broad SMARTS) is 1. The number of hydrogen-bond donors (Lipinski definition) is 4. The number of H-pyrrole nitrogens is 1. The molecule has 2 aromatic carbocycles. The second-order valence-electron chi connectivity index (χ2n) is 11.1. The van der Waals surface area contributed by atoms with Gasteiger partial charge in [0.15, 0.2) is 0 Å². The zero-order valence-corrected chi connectivity index (χ0v) is 23.7. The van der Waals surface area contributed by atoms with Crippen LogP contribution < -0.4 is 10.6 Å². The summed E-state index contributed by atoms with van der Waals surface area (Å²) in [4.78, 5) is 13.8. The highest BCUT2D eigenvalue weighted by atomic mass is 35.5. The van der Waals surface area contributed by atoms with E-state index in [2.05, 4.69) is 21.7 Å². The average molecular weight is 591 g/mol. The van der Waals surface area contributed by atoms with Crippen molar-refractivity contribution in [3.8, 4) is 6.07 Å². The van der Waals surface area contributed by atoms with Crippen molar-refractivity contribution in [3.63, 3.8) is 0 Å². The van der Waals surface area contributed by atoms with Gasteiger partial charge in [-0.3, -0.25) is 0 Å². The first-order valence-electron chi connectivity index (χ1n) is 12.7. The van der Waals surface area contributed by atoms with Crippen molar-refractivity contribution in [1.82, 2.24) is 10.3 Å². The summed E-state index contributed by atoms with van der Waals surface area (Å²) in [5, 5.41) is 26.4. The number of ether oxygens (including phenoxy) is 1. The third-order valence-corrected chi connectivity index (χ3v) is 7.66. The number of nitrogens with zero attached hydrogens (tertiary/aromatic N) is 1. The fraction of sp³-hybridized carbons (Fsp3) is 0.379. The summed E-state index contributed by atoms with van der Waals surface area (Å²) in [7, 11) is 0. The zero-order valence-electron chi connectivity index (χ0n) is 22.2. The van der Waals surface area contributed by atoms with Crippen LogP contribution in [0.2, 0.25) is 10.0 Å². The van der Waals surface area contributed by atoms with Gasteiger partial charge < -0.3 is 25.5 Å². The highest BCUT2D eigenvalue weighted by molar-refractivity contribution is 6.31. The van der Waals surface area contributed by atoms with Gasteiger partial charge in [-0.2, -0.15) is 5.26 Å². The summed E-state index contributed by atoms with van der Waals surface area (Å²) < 4.78 is 37.2. The highest BCUT2D eigenvalue weighted by Gasteiger charge is 2.59. The van der Waals surface area contributed by atoms with E-state index in [9.17, 15) is 10.1 Å². The van der Waals surface area contributed by atoms with Crippen molar-refractivity contribution in [3.05, 3.63) is 87.0 Å². The first-order chi connectivity index (χ1) is 18.9. The molecule has 1 aromatic heterocycles. The number of halogens is 4. The van der Waals surface area contributed by atoms with Crippen molar-refractivity contribution in [2.45, 2.75) is 50.6 Å². The Morgan fingerprint density at radius 1 is 1.20 bits per heavy atom. The molecule has 4 atom stereocenters. The molecule has 1 saturated heterocycles. The Hall–Kier alpha value is -3.16. The lowest BCUT2D eigenvalue weighted by Crippen LogP contribution is -2.44. The van der Waals surface area contributed by atoms with E-state index in [-0.39, 0.29) is 45.6 Å². The quantitative estimate of drug-likeness (QED) is 0.163. The van der Waals surface area contributed by atoms with Crippen molar-refractivity contribution in [1.29, 1.82) is 5.26 Å². The molecule has 40 heavy (non-hydrogen) atoms. The lowest BCUT2D eigenvalue weighted by Gasteiger charge is -2.37. The Morgan fingerprint density at radius 2 is 1.95 bits per heavy atom. The molecule has 0 spiro atoms. The third-order valence-electron chi connectivity index (χ3n) is 7.13. The summed E-state index contributed by atoms with van der Waals surface area (Å²) in [6.45, 7) is 6.05. The fourth-order valence-electron chi connectivity index (χ4n) is 5.55. The molecule has 0 saturated carbocycles. The van der Waals surface area contributed by atoms with Gasteiger partial charge in [0.25, 0.3) is 0 Å². The summed E-state index contributed by atoms with van der Waals surface area (Å²) in [6, 6.07) is 12.9. The number of aromatic nitrogens is 1. The van der Waals surface area contributed by atoms with Crippen molar-refractivity contribution < 1.29 is 23.4 Å². The number of aromatic amines is 1. The van der Waals surface area contributed by atoms with Crippen LogP contribution in [-0.2, 0) is 10.2 Å². The van der Waals surface area contributed by atoms with E-state index in [1.54, 1.807) is 18.2 Å². The molecule has 0 amide bonds. The second kappa shape index (κ2) is 11.8. The SMILES string of the molecule is CC(C)(C)C[C@@H]1N[C@@H](COCNc2ccc(C(=O)O)[nH]2)[C@H](c2cccc(Cl)c2F)[C@@]1(C#N)c1ccc(Cl)cc1F. The Morgan fingerprint density at radius 3 is 2.58 bits per heavy atom. The fourth-order valence-corrected chi connectivity index (χ4v) is 5.89. The molecule has 4 N–H and O–H groups in total. The van der Waals surface area contributed by atoms with Crippen LogP contribution in [-0.4, -0.2) is 41.5 Å². The number of aromatic carboxylic acids is 1. The Kier molecular flexibility index (Phi) is 8.76. The van der Waals surface area contributed by atoms with Crippen LogP contribution in [0.4, 0.5) is 14.6 Å². The number of nitrogens with one attached hydrogen (secondary N) is 3. The average Bonchev–Trinajstić information content (AvgIpc) is 3.46. The predicted octanol–water partition coefficient (Wildman–Crippen LogP) is 6.71. The molecule has 212 valence electrons. The van der Waals surface area contributed by atoms with Gasteiger partial charge in [-0.15, -0.1) is 0 Å². The number of carbonyl (C=O) groups is 1. The lowest BCUT2D eigenvalue weighted by atomic mass is 9.63.